The fourth-order valence-electron chi connectivity index (χ4n) is 2.91. The summed E-state index contributed by atoms with van der Waals surface area (Å²) in [6, 6.07) is 10.7. The zero-order valence-corrected chi connectivity index (χ0v) is 10.1. The second-order valence-electron chi connectivity index (χ2n) is 5.07. The van der Waals surface area contributed by atoms with Gasteiger partial charge < -0.3 is 5.11 Å². The molecule has 1 N–H and O–H groups in total. The Kier molecular flexibility index (Phi) is 4.18. The molecule has 2 nitrogen and oxygen atoms in total. The van der Waals surface area contributed by atoms with Gasteiger partial charge in [0.1, 0.15) is 0 Å². The first-order chi connectivity index (χ1) is 8.25. The molecule has 1 aliphatic carbocycles. The Balaban J connectivity index is 1.78. The third-order valence-corrected chi connectivity index (χ3v) is 3.82. The molecule has 0 radical (unpaired) electrons. The second kappa shape index (κ2) is 5.85. The van der Waals surface area contributed by atoms with E-state index in [1.54, 1.807) is 0 Å². The van der Waals surface area contributed by atoms with Crippen LogP contribution in [0.15, 0.2) is 30.3 Å². The lowest BCUT2D eigenvalue weighted by Gasteiger charge is -2.11. The highest BCUT2D eigenvalue weighted by Crippen LogP contribution is 2.40. The maximum Gasteiger partial charge on any atom is 0.303 e. The first kappa shape index (κ1) is 12.2. The summed E-state index contributed by atoms with van der Waals surface area (Å²) in [5.74, 6) is 0.771. The van der Waals surface area contributed by atoms with Crippen LogP contribution in [0.3, 0.4) is 0 Å². The van der Waals surface area contributed by atoms with Gasteiger partial charge in [0.05, 0.1) is 0 Å². The van der Waals surface area contributed by atoms with Gasteiger partial charge in [-0.05, 0) is 49.5 Å². The fraction of sp³-hybridized carbons (Fsp3) is 0.533. The maximum atomic E-state index is 10.5. The molecule has 2 heteroatoms. The average molecular weight is 232 g/mol. The summed E-state index contributed by atoms with van der Waals surface area (Å²) in [7, 11) is 0. The number of benzene rings is 1. The van der Waals surface area contributed by atoms with E-state index in [0.717, 1.165) is 18.8 Å². The molecule has 2 unspecified atom stereocenters. The molecule has 0 bridgehead atoms. The number of hydrogen-bond acceptors (Lipinski definition) is 1. The Morgan fingerprint density at radius 3 is 2.71 bits per heavy atom. The van der Waals surface area contributed by atoms with Crippen LogP contribution < -0.4 is 0 Å². The lowest BCUT2D eigenvalue weighted by atomic mass is 9.94. The Labute approximate surface area is 103 Å². The van der Waals surface area contributed by atoms with Crippen LogP contribution in [-0.2, 0) is 4.79 Å². The standard InChI is InChI=1S/C15H20O2/c16-15(17)8-4-5-12-9-10-14(11-12)13-6-2-1-3-7-13/h1-3,6-7,12,14H,4-5,8-11H2,(H,16,17). The number of carboxylic acids is 1. The summed E-state index contributed by atoms with van der Waals surface area (Å²) in [5, 5.41) is 8.62. The van der Waals surface area contributed by atoms with Gasteiger partial charge in [-0.2, -0.15) is 0 Å². The van der Waals surface area contributed by atoms with Gasteiger partial charge in [0.25, 0.3) is 0 Å². The van der Waals surface area contributed by atoms with E-state index in [9.17, 15) is 4.79 Å². The van der Waals surface area contributed by atoms with Gasteiger partial charge in [0.15, 0.2) is 0 Å². The summed E-state index contributed by atoms with van der Waals surface area (Å²) >= 11 is 0. The quantitative estimate of drug-likeness (QED) is 0.837. The van der Waals surface area contributed by atoms with E-state index < -0.39 is 5.97 Å². The summed E-state index contributed by atoms with van der Waals surface area (Å²) < 4.78 is 0. The van der Waals surface area contributed by atoms with Crippen LogP contribution in [0.2, 0.25) is 0 Å². The van der Waals surface area contributed by atoms with Gasteiger partial charge in [-0.1, -0.05) is 30.3 Å². The minimum Gasteiger partial charge on any atom is -0.481 e. The highest BCUT2D eigenvalue weighted by atomic mass is 16.4. The number of carbonyl (C=O) groups is 1. The molecule has 2 rings (SSSR count). The van der Waals surface area contributed by atoms with Crippen molar-refractivity contribution in [2.24, 2.45) is 5.92 Å². The molecule has 1 saturated carbocycles. The third kappa shape index (κ3) is 3.58. The summed E-state index contributed by atoms with van der Waals surface area (Å²) in [6.45, 7) is 0. The van der Waals surface area contributed by atoms with Gasteiger partial charge in [0, 0.05) is 6.42 Å². The zero-order chi connectivity index (χ0) is 12.1. The van der Waals surface area contributed by atoms with Gasteiger partial charge in [-0.3, -0.25) is 4.79 Å². The molecule has 1 aliphatic rings. The van der Waals surface area contributed by atoms with Crippen LogP contribution in [0, 0.1) is 5.92 Å². The van der Waals surface area contributed by atoms with Crippen molar-refractivity contribution in [3.05, 3.63) is 35.9 Å². The van der Waals surface area contributed by atoms with Crippen molar-refractivity contribution in [1.29, 1.82) is 0 Å². The molecule has 0 amide bonds. The summed E-state index contributed by atoms with van der Waals surface area (Å²) in [6.07, 6.45) is 6.01. The molecule has 1 fully saturated rings. The topological polar surface area (TPSA) is 37.3 Å². The van der Waals surface area contributed by atoms with E-state index in [1.807, 2.05) is 0 Å². The van der Waals surface area contributed by atoms with Crippen molar-refractivity contribution in [3.63, 3.8) is 0 Å². The van der Waals surface area contributed by atoms with Gasteiger partial charge in [0.2, 0.25) is 0 Å². The van der Waals surface area contributed by atoms with E-state index in [4.69, 9.17) is 5.11 Å². The summed E-state index contributed by atoms with van der Waals surface area (Å²) in [4.78, 5) is 10.5. The number of hydrogen-bond donors (Lipinski definition) is 1. The van der Waals surface area contributed by atoms with Crippen molar-refractivity contribution in [1.82, 2.24) is 0 Å². The summed E-state index contributed by atoms with van der Waals surface area (Å²) in [5.41, 5.74) is 1.45. The minimum atomic E-state index is -0.664. The molecule has 0 saturated heterocycles. The smallest absolute Gasteiger partial charge is 0.303 e. The number of carboxylic acid groups (broad SMARTS) is 1. The highest BCUT2D eigenvalue weighted by molar-refractivity contribution is 5.66. The van der Waals surface area contributed by atoms with Crippen LogP contribution in [0.5, 0.6) is 0 Å². The molecule has 0 heterocycles. The predicted molar refractivity (Wildman–Crippen MR) is 68.0 cm³/mol. The lowest BCUT2D eigenvalue weighted by molar-refractivity contribution is -0.137. The molecule has 17 heavy (non-hydrogen) atoms. The maximum absolute atomic E-state index is 10.5. The molecular formula is C15H20O2. The van der Waals surface area contributed by atoms with Crippen LogP contribution in [-0.4, -0.2) is 11.1 Å². The molecule has 1 aromatic rings. The highest BCUT2D eigenvalue weighted by Gasteiger charge is 2.25. The molecule has 2 atom stereocenters. The SMILES string of the molecule is O=C(O)CCCC1CCC(c2ccccc2)C1. The monoisotopic (exact) mass is 232 g/mol. The predicted octanol–water partition coefficient (Wildman–Crippen LogP) is 3.83. The largest absolute Gasteiger partial charge is 0.481 e. The number of aliphatic carboxylic acids is 1. The van der Waals surface area contributed by atoms with Crippen LogP contribution in [0.1, 0.15) is 50.0 Å². The molecule has 1 aromatic carbocycles. The van der Waals surface area contributed by atoms with Gasteiger partial charge >= 0.3 is 5.97 Å². The Morgan fingerprint density at radius 2 is 2.00 bits per heavy atom. The molecule has 0 spiro atoms. The molecule has 0 aliphatic heterocycles. The second-order valence-corrected chi connectivity index (χ2v) is 5.07. The van der Waals surface area contributed by atoms with E-state index in [0.29, 0.717) is 12.3 Å². The Hall–Kier alpha value is -1.31. The van der Waals surface area contributed by atoms with Crippen LogP contribution >= 0.6 is 0 Å². The molecule has 0 aromatic heterocycles. The first-order valence-electron chi connectivity index (χ1n) is 6.52. The first-order valence-corrected chi connectivity index (χ1v) is 6.52. The Morgan fingerprint density at radius 1 is 1.24 bits per heavy atom. The van der Waals surface area contributed by atoms with Crippen molar-refractivity contribution in [2.45, 2.75) is 44.4 Å². The lowest BCUT2D eigenvalue weighted by Crippen LogP contribution is -1.99. The zero-order valence-electron chi connectivity index (χ0n) is 10.1. The van der Waals surface area contributed by atoms with E-state index in [2.05, 4.69) is 30.3 Å². The van der Waals surface area contributed by atoms with E-state index in [1.165, 1.54) is 24.8 Å². The van der Waals surface area contributed by atoms with Crippen LogP contribution in [0.25, 0.3) is 0 Å². The average Bonchev–Trinajstić information content (AvgIpc) is 2.78. The normalized spacial score (nSPS) is 23.8. The van der Waals surface area contributed by atoms with Gasteiger partial charge in [-0.25, -0.2) is 0 Å². The molecule has 92 valence electrons. The van der Waals surface area contributed by atoms with E-state index >= 15 is 0 Å². The van der Waals surface area contributed by atoms with E-state index in [-0.39, 0.29) is 0 Å². The van der Waals surface area contributed by atoms with Crippen molar-refractivity contribution < 1.29 is 9.90 Å². The third-order valence-electron chi connectivity index (χ3n) is 3.82. The van der Waals surface area contributed by atoms with Crippen molar-refractivity contribution in [2.75, 3.05) is 0 Å². The van der Waals surface area contributed by atoms with Gasteiger partial charge in [-0.15, -0.1) is 0 Å². The minimum absolute atomic E-state index is 0.326. The fourth-order valence-corrected chi connectivity index (χ4v) is 2.91. The van der Waals surface area contributed by atoms with Crippen LogP contribution in [0.4, 0.5) is 0 Å². The molecular weight excluding hydrogens is 212 g/mol. The van der Waals surface area contributed by atoms with Crippen molar-refractivity contribution >= 4 is 5.97 Å². The Bertz CT molecular complexity index is 358. The number of rotatable bonds is 5. The van der Waals surface area contributed by atoms with Crippen molar-refractivity contribution in [3.8, 4) is 0 Å².